The lowest BCUT2D eigenvalue weighted by Gasteiger charge is -2.08. The fraction of sp³-hybridized carbons (Fsp3) is 0.143. The number of amides is 2. The second-order valence-corrected chi connectivity index (χ2v) is 4.96. The highest BCUT2D eigenvalue weighted by Crippen LogP contribution is 2.21. The van der Waals surface area contributed by atoms with Crippen LogP contribution in [0.25, 0.3) is 10.9 Å². The average molecular weight is 302 g/mol. The molecule has 1 aromatic carbocycles. The zero-order valence-corrected chi connectivity index (χ0v) is 12.2. The summed E-state index contributed by atoms with van der Waals surface area (Å²) in [5, 5.41) is 5.74. The molecular formula is C14H14N4O2S. The molecule has 0 atom stereocenters. The van der Waals surface area contributed by atoms with Crippen molar-refractivity contribution in [2.45, 2.75) is 6.92 Å². The minimum atomic E-state index is -0.799. The van der Waals surface area contributed by atoms with Crippen LogP contribution in [0.15, 0.2) is 30.3 Å². The van der Waals surface area contributed by atoms with E-state index in [1.54, 1.807) is 12.1 Å². The Morgan fingerprint density at radius 2 is 2.00 bits per heavy atom. The number of rotatable bonds is 3. The van der Waals surface area contributed by atoms with E-state index in [1.165, 1.54) is 0 Å². The fourth-order valence-electron chi connectivity index (χ4n) is 1.77. The summed E-state index contributed by atoms with van der Waals surface area (Å²) in [4.78, 5) is 27.9. The first kappa shape index (κ1) is 14.9. The van der Waals surface area contributed by atoms with Crippen LogP contribution < -0.4 is 16.4 Å². The third-order valence-corrected chi connectivity index (χ3v) is 2.88. The highest BCUT2D eigenvalue weighted by Gasteiger charge is 2.15. The van der Waals surface area contributed by atoms with Crippen LogP contribution in [0.3, 0.4) is 0 Å². The number of nitrogens with zero attached hydrogens (tertiary/aromatic N) is 1. The molecule has 108 valence electrons. The van der Waals surface area contributed by atoms with Gasteiger partial charge in [0, 0.05) is 11.1 Å². The van der Waals surface area contributed by atoms with Crippen molar-refractivity contribution in [3.05, 3.63) is 36.0 Å². The van der Waals surface area contributed by atoms with Crippen LogP contribution in [0.1, 0.15) is 5.69 Å². The van der Waals surface area contributed by atoms with E-state index in [0.717, 1.165) is 11.1 Å². The molecule has 2 rings (SSSR count). The summed E-state index contributed by atoms with van der Waals surface area (Å²) in [5.41, 5.74) is 7.19. The number of carbonyl (C=O) groups is 2. The Bertz CT molecular complexity index is 730. The van der Waals surface area contributed by atoms with Crippen molar-refractivity contribution < 1.29 is 9.59 Å². The molecular weight excluding hydrogens is 288 g/mol. The number of nitrogens with one attached hydrogen (secondary N) is 2. The quantitative estimate of drug-likeness (QED) is 0.578. The molecule has 1 aromatic heterocycles. The van der Waals surface area contributed by atoms with E-state index in [9.17, 15) is 9.59 Å². The Morgan fingerprint density at radius 3 is 2.71 bits per heavy atom. The van der Waals surface area contributed by atoms with Gasteiger partial charge in [0.1, 0.15) is 0 Å². The number of hydrogen-bond acceptors (Lipinski definition) is 4. The molecule has 0 aliphatic heterocycles. The van der Waals surface area contributed by atoms with Gasteiger partial charge in [0.05, 0.1) is 22.7 Å². The zero-order chi connectivity index (χ0) is 15.4. The number of carbonyl (C=O) groups excluding carboxylic acids is 2. The van der Waals surface area contributed by atoms with Crippen LogP contribution in [-0.2, 0) is 9.59 Å². The Balaban J connectivity index is 2.19. The second-order valence-electron chi connectivity index (χ2n) is 4.43. The number of nitrogens with two attached hydrogens (primary N) is 1. The van der Waals surface area contributed by atoms with Crippen molar-refractivity contribution in [2.24, 2.45) is 5.73 Å². The SMILES string of the molecule is Cc1ccc2cccc(NC(=O)C(=O)NCC(N)=S)c2n1. The van der Waals surface area contributed by atoms with E-state index in [4.69, 9.17) is 5.73 Å². The Hall–Kier alpha value is -2.54. The van der Waals surface area contributed by atoms with Crippen molar-refractivity contribution in [3.63, 3.8) is 0 Å². The third kappa shape index (κ3) is 3.73. The van der Waals surface area contributed by atoms with Gasteiger partial charge >= 0.3 is 11.8 Å². The van der Waals surface area contributed by atoms with Gasteiger partial charge in [0.25, 0.3) is 0 Å². The minimum Gasteiger partial charge on any atom is -0.392 e. The molecule has 0 saturated carbocycles. The maximum atomic E-state index is 11.8. The molecule has 1 heterocycles. The number of pyridine rings is 1. The van der Waals surface area contributed by atoms with Crippen molar-refractivity contribution in [2.75, 3.05) is 11.9 Å². The Morgan fingerprint density at radius 1 is 1.24 bits per heavy atom. The van der Waals surface area contributed by atoms with E-state index < -0.39 is 11.8 Å². The van der Waals surface area contributed by atoms with E-state index in [0.29, 0.717) is 11.2 Å². The molecule has 21 heavy (non-hydrogen) atoms. The number of anilines is 1. The van der Waals surface area contributed by atoms with Crippen LogP contribution >= 0.6 is 12.2 Å². The standard InChI is InChI=1S/C14H14N4O2S/c1-8-5-6-9-3-2-4-10(12(9)17-8)18-14(20)13(19)16-7-11(15)21/h2-6H,7H2,1H3,(H2,15,21)(H,16,19)(H,18,20). The van der Waals surface area contributed by atoms with Gasteiger partial charge in [0.2, 0.25) is 0 Å². The number of aromatic nitrogens is 1. The maximum Gasteiger partial charge on any atom is 0.313 e. The predicted octanol–water partition coefficient (Wildman–Crippen LogP) is 0.884. The van der Waals surface area contributed by atoms with Gasteiger partial charge < -0.3 is 16.4 Å². The average Bonchev–Trinajstić information content (AvgIpc) is 2.45. The minimum absolute atomic E-state index is 0.0194. The molecule has 2 amide bonds. The van der Waals surface area contributed by atoms with Gasteiger partial charge in [-0.1, -0.05) is 30.4 Å². The molecule has 0 aliphatic rings. The Labute approximate surface area is 126 Å². The topological polar surface area (TPSA) is 97.1 Å². The molecule has 0 bridgehead atoms. The number of benzene rings is 1. The zero-order valence-electron chi connectivity index (χ0n) is 11.3. The van der Waals surface area contributed by atoms with Crippen LogP contribution in [0.4, 0.5) is 5.69 Å². The summed E-state index contributed by atoms with van der Waals surface area (Å²) in [7, 11) is 0. The van der Waals surface area contributed by atoms with E-state index >= 15 is 0 Å². The molecule has 0 unspecified atom stereocenters. The summed E-state index contributed by atoms with van der Waals surface area (Å²) in [6.45, 7) is 1.83. The van der Waals surface area contributed by atoms with Crippen LogP contribution in [0.2, 0.25) is 0 Å². The lowest BCUT2D eigenvalue weighted by molar-refractivity contribution is -0.135. The normalized spacial score (nSPS) is 10.1. The predicted molar refractivity (Wildman–Crippen MR) is 84.9 cm³/mol. The molecule has 0 radical (unpaired) electrons. The number of fused-ring (bicyclic) bond motifs is 1. The first-order valence-corrected chi connectivity index (χ1v) is 6.62. The summed E-state index contributed by atoms with van der Waals surface area (Å²) < 4.78 is 0. The number of thiocarbonyl (C=S) groups is 1. The molecule has 0 aliphatic carbocycles. The van der Waals surface area contributed by atoms with Gasteiger partial charge in [-0.05, 0) is 19.1 Å². The summed E-state index contributed by atoms with van der Waals surface area (Å²) in [6.07, 6.45) is 0. The number of hydrogen-bond donors (Lipinski definition) is 3. The van der Waals surface area contributed by atoms with Gasteiger partial charge in [-0.3, -0.25) is 14.6 Å². The molecule has 7 heteroatoms. The van der Waals surface area contributed by atoms with Crippen LogP contribution in [-0.4, -0.2) is 28.3 Å². The van der Waals surface area contributed by atoms with Crippen molar-refractivity contribution >= 4 is 45.6 Å². The smallest absolute Gasteiger partial charge is 0.313 e. The maximum absolute atomic E-state index is 11.8. The van der Waals surface area contributed by atoms with Crippen LogP contribution in [0.5, 0.6) is 0 Å². The summed E-state index contributed by atoms with van der Waals surface area (Å²) in [6, 6.07) is 9.13. The molecule has 0 saturated heterocycles. The van der Waals surface area contributed by atoms with Gasteiger partial charge in [-0.15, -0.1) is 0 Å². The number of aryl methyl sites for hydroxylation is 1. The van der Waals surface area contributed by atoms with Gasteiger partial charge in [0.15, 0.2) is 0 Å². The lowest BCUT2D eigenvalue weighted by atomic mass is 10.1. The van der Waals surface area contributed by atoms with Gasteiger partial charge in [-0.25, -0.2) is 0 Å². The highest BCUT2D eigenvalue weighted by molar-refractivity contribution is 7.80. The molecule has 2 aromatic rings. The first-order valence-electron chi connectivity index (χ1n) is 6.21. The highest BCUT2D eigenvalue weighted by atomic mass is 32.1. The van der Waals surface area contributed by atoms with Gasteiger partial charge in [-0.2, -0.15) is 0 Å². The van der Waals surface area contributed by atoms with Crippen molar-refractivity contribution in [3.8, 4) is 0 Å². The van der Waals surface area contributed by atoms with Crippen LogP contribution in [0, 0.1) is 6.92 Å². The first-order chi connectivity index (χ1) is 9.97. The lowest BCUT2D eigenvalue weighted by Crippen LogP contribution is -2.39. The van der Waals surface area contributed by atoms with Crippen molar-refractivity contribution in [1.29, 1.82) is 0 Å². The Kier molecular flexibility index (Phi) is 4.44. The molecule has 4 N–H and O–H groups in total. The van der Waals surface area contributed by atoms with E-state index in [2.05, 4.69) is 27.8 Å². The summed E-state index contributed by atoms with van der Waals surface area (Å²) in [5.74, 6) is -1.59. The molecule has 0 fully saturated rings. The van der Waals surface area contributed by atoms with Crippen molar-refractivity contribution in [1.82, 2.24) is 10.3 Å². The fourth-order valence-corrected chi connectivity index (χ4v) is 1.84. The monoisotopic (exact) mass is 302 g/mol. The summed E-state index contributed by atoms with van der Waals surface area (Å²) >= 11 is 4.63. The largest absolute Gasteiger partial charge is 0.392 e. The van der Waals surface area contributed by atoms with E-state index in [1.807, 2.05) is 25.1 Å². The molecule has 0 spiro atoms. The number of para-hydroxylation sites is 1. The van der Waals surface area contributed by atoms with E-state index in [-0.39, 0.29) is 11.5 Å². The third-order valence-electron chi connectivity index (χ3n) is 2.74. The molecule has 6 nitrogen and oxygen atoms in total. The second kappa shape index (κ2) is 6.27.